The Labute approximate surface area is 134 Å². The number of halogens is 1. The van der Waals surface area contributed by atoms with Crippen LogP contribution in [0.3, 0.4) is 0 Å². The highest BCUT2D eigenvalue weighted by Crippen LogP contribution is 2.18. The van der Waals surface area contributed by atoms with Gasteiger partial charge in [-0.1, -0.05) is 64.8 Å². The van der Waals surface area contributed by atoms with Gasteiger partial charge < -0.3 is 4.52 Å². The predicted molar refractivity (Wildman–Crippen MR) is 88.7 cm³/mol. The number of aryl methyl sites for hydroxylation is 1. The Kier molecular flexibility index (Phi) is 4.35. The molecule has 0 amide bonds. The Hall–Kier alpha value is -2.39. The molecular formula is C18H15ClN2O. The summed E-state index contributed by atoms with van der Waals surface area (Å²) in [5, 5.41) is 4.70. The van der Waals surface area contributed by atoms with Gasteiger partial charge in [-0.15, -0.1) is 0 Å². The van der Waals surface area contributed by atoms with Gasteiger partial charge in [-0.05, 0) is 30.2 Å². The Balaban J connectivity index is 1.71. The molecular weight excluding hydrogens is 296 g/mol. The zero-order valence-corrected chi connectivity index (χ0v) is 12.9. The Morgan fingerprint density at radius 1 is 1.05 bits per heavy atom. The third-order valence-electron chi connectivity index (χ3n) is 3.29. The van der Waals surface area contributed by atoms with Crippen molar-refractivity contribution in [3.8, 4) is 0 Å². The fourth-order valence-corrected chi connectivity index (χ4v) is 2.27. The van der Waals surface area contributed by atoms with Crippen molar-refractivity contribution in [1.29, 1.82) is 0 Å². The van der Waals surface area contributed by atoms with Crippen LogP contribution in [0.2, 0.25) is 5.02 Å². The van der Waals surface area contributed by atoms with Crippen LogP contribution in [0.25, 0.3) is 12.2 Å². The second kappa shape index (κ2) is 6.58. The first-order chi connectivity index (χ1) is 10.7. The lowest BCUT2D eigenvalue weighted by molar-refractivity contribution is 0.404. The number of hydrogen-bond donors (Lipinski definition) is 0. The first kappa shape index (κ1) is 14.5. The zero-order chi connectivity index (χ0) is 15.4. The van der Waals surface area contributed by atoms with Crippen molar-refractivity contribution in [3.05, 3.63) is 82.0 Å². The zero-order valence-electron chi connectivity index (χ0n) is 12.2. The van der Waals surface area contributed by atoms with Crippen molar-refractivity contribution < 1.29 is 4.52 Å². The van der Waals surface area contributed by atoms with Crippen LogP contribution >= 0.6 is 11.6 Å². The highest BCUT2D eigenvalue weighted by molar-refractivity contribution is 6.31. The van der Waals surface area contributed by atoms with E-state index in [9.17, 15) is 0 Å². The molecule has 0 saturated heterocycles. The molecule has 0 aliphatic heterocycles. The van der Waals surface area contributed by atoms with E-state index in [0.29, 0.717) is 23.2 Å². The van der Waals surface area contributed by atoms with E-state index < -0.39 is 0 Å². The summed E-state index contributed by atoms with van der Waals surface area (Å²) in [5.74, 6) is 1.11. The summed E-state index contributed by atoms with van der Waals surface area (Å²) in [6, 6.07) is 15.9. The predicted octanol–water partition coefficient (Wildman–Crippen LogP) is 4.79. The van der Waals surface area contributed by atoms with E-state index in [1.807, 2.05) is 48.6 Å². The lowest BCUT2D eigenvalue weighted by atomic mass is 10.1. The Morgan fingerprint density at radius 2 is 1.82 bits per heavy atom. The van der Waals surface area contributed by atoms with Crippen LogP contribution in [0, 0.1) is 6.92 Å². The van der Waals surface area contributed by atoms with Crippen molar-refractivity contribution in [2.24, 2.45) is 0 Å². The largest absolute Gasteiger partial charge is 0.335 e. The highest BCUT2D eigenvalue weighted by Gasteiger charge is 2.07. The van der Waals surface area contributed by atoms with Crippen LogP contribution in [0.1, 0.15) is 28.4 Å². The fourth-order valence-electron chi connectivity index (χ4n) is 2.06. The fraction of sp³-hybridized carbons (Fsp3) is 0.111. The Morgan fingerprint density at radius 3 is 2.59 bits per heavy atom. The van der Waals surface area contributed by atoms with Gasteiger partial charge in [-0.3, -0.25) is 0 Å². The SMILES string of the molecule is Cc1ccc(C=Cc2nc(Cc3ccccc3Cl)no2)cc1. The van der Waals surface area contributed by atoms with Crippen LogP contribution in [0.4, 0.5) is 0 Å². The number of benzene rings is 2. The quantitative estimate of drug-likeness (QED) is 0.695. The maximum atomic E-state index is 6.13. The average molecular weight is 311 g/mol. The molecule has 3 rings (SSSR count). The number of hydrogen-bond acceptors (Lipinski definition) is 3. The molecule has 0 bridgehead atoms. The minimum absolute atomic E-state index is 0.489. The van der Waals surface area contributed by atoms with Crippen molar-refractivity contribution in [1.82, 2.24) is 10.1 Å². The minimum Gasteiger partial charge on any atom is -0.335 e. The molecule has 22 heavy (non-hydrogen) atoms. The first-order valence-corrected chi connectivity index (χ1v) is 7.39. The number of aromatic nitrogens is 2. The van der Waals surface area contributed by atoms with Gasteiger partial charge >= 0.3 is 0 Å². The molecule has 110 valence electrons. The summed E-state index contributed by atoms with van der Waals surface area (Å²) < 4.78 is 5.23. The number of rotatable bonds is 4. The summed E-state index contributed by atoms with van der Waals surface area (Å²) in [5.41, 5.74) is 3.31. The molecule has 0 aliphatic rings. The van der Waals surface area contributed by atoms with Crippen molar-refractivity contribution in [2.75, 3.05) is 0 Å². The van der Waals surface area contributed by atoms with Gasteiger partial charge in [-0.25, -0.2) is 0 Å². The maximum Gasteiger partial charge on any atom is 0.250 e. The normalized spacial score (nSPS) is 11.2. The molecule has 0 radical (unpaired) electrons. The third-order valence-corrected chi connectivity index (χ3v) is 3.65. The third kappa shape index (κ3) is 3.62. The van der Waals surface area contributed by atoms with Gasteiger partial charge in [0.1, 0.15) is 0 Å². The standard InChI is InChI=1S/C18H15ClN2O/c1-13-6-8-14(9-7-13)10-11-18-20-17(21-22-18)12-15-4-2-3-5-16(15)19/h2-11H,12H2,1H3. The van der Waals surface area contributed by atoms with Crippen LogP contribution in [-0.2, 0) is 6.42 Å². The Bertz CT molecular complexity index is 791. The second-order valence-corrected chi connectivity index (χ2v) is 5.47. The summed E-state index contributed by atoms with van der Waals surface area (Å²) in [6.07, 6.45) is 4.32. The maximum absolute atomic E-state index is 6.13. The molecule has 0 saturated carbocycles. The molecule has 0 N–H and O–H groups in total. The molecule has 0 atom stereocenters. The summed E-state index contributed by atoms with van der Waals surface area (Å²) in [6.45, 7) is 2.06. The van der Waals surface area contributed by atoms with Crippen LogP contribution in [0.5, 0.6) is 0 Å². The molecule has 0 fully saturated rings. The monoisotopic (exact) mass is 310 g/mol. The number of nitrogens with zero attached hydrogens (tertiary/aromatic N) is 2. The average Bonchev–Trinajstić information content (AvgIpc) is 2.97. The lowest BCUT2D eigenvalue weighted by Gasteiger charge is -1.98. The minimum atomic E-state index is 0.489. The van der Waals surface area contributed by atoms with E-state index in [2.05, 4.69) is 29.2 Å². The molecule has 0 aliphatic carbocycles. The van der Waals surface area contributed by atoms with Gasteiger partial charge in [0.15, 0.2) is 5.82 Å². The van der Waals surface area contributed by atoms with Gasteiger partial charge in [0.05, 0.1) is 0 Å². The molecule has 1 aromatic heterocycles. The second-order valence-electron chi connectivity index (χ2n) is 5.06. The smallest absolute Gasteiger partial charge is 0.250 e. The topological polar surface area (TPSA) is 38.9 Å². The summed E-state index contributed by atoms with van der Waals surface area (Å²) in [7, 11) is 0. The molecule has 3 nitrogen and oxygen atoms in total. The molecule has 1 heterocycles. The summed E-state index contributed by atoms with van der Waals surface area (Å²) >= 11 is 6.13. The summed E-state index contributed by atoms with van der Waals surface area (Å²) in [4.78, 5) is 4.36. The molecule has 2 aromatic carbocycles. The van der Waals surface area contributed by atoms with Gasteiger partial charge in [0.2, 0.25) is 0 Å². The van der Waals surface area contributed by atoms with Crippen molar-refractivity contribution >= 4 is 23.8 Å². The lowest BCUT2D eigenvalue weighted by Crippen LogP contribution is -1.91. The highest BCUT2D eigenvalue weighted by atomic mass is 35.5. The van der Waals surface area contributed by atoms with Crippen LogP contribution in [0.15, 0.2) is 53.1 Å². The van der Waals surface area contributed by atoms with E-state index in [-0.39, 0.29) is 0 Å². The van der Waals surface area contributed by atoms with E-state index in [1.165, 1.54) is 5.56 Å². The van der Waals surface area contributed by atoms with E-state index in [0.717, 1.165) is 11.1 Å². The molecule has 0 spiro atoms. The van der Waals surface area contributed by atoms with E-state index in [1.54, 1.807) is 0 Å². The van der Waals surface area contributed by atoms with E-state index >= 15 is 0 Å². The first-order valence-electron chi connectivity index (χ1n) is 7.01. The van der Waals surface area contributed by atoms with Gasteiger partial charge in [-0.2, -0.15) is 4.98 Å². The van der Waals surface area contributed by atoms with Gasteiger partial charge in [0, 0.05) is 17.5 Å². The molecule has 3 aromatic rings. The molecule has 4 heteroatoms. The van der Waals surface area contributed by atoms with Crippen LogP contribution in [-0.4, -0.2) is 10.1 Å². The molecule has 0 unspecified atom stereocenters. The van der Waals surface area contributed by atoms with Crippen molar-refractivity contribution in [3.63, 3.8) is 0 Å². The van der Waals surface area contributed by atoms with Crippen molar-refractivity contribution in [2.45, 2.75) is 13.3 Å². The van der Waals surface area contributed by atoms with E-state index in [4.69, 9.17) is 16.1 Å². The van der Waals surface area contributed by atoms with Crippen LogP contribution < -0.4 is 0 Å². The van der Waals surface area contributed by atoms with Gasteiger partial charge in [0.25, 0.3) is 5.89 Å².